The number of rotatable bonds is 7. The van der Waals surface area contributed by atoms with Gasteiger partial charge in [0.25, 0.3) is 11.8 Å². The molecular weight excluding hydrogens is 510 g/mol. The van der Waals surface area contributed by atoms with Crippen molar-refractivity contribution in [3.63, 3.8) is 0 Å². The first-order chi connectivity index (χ1) is 20.3. The number of alkyl halides is 3. The number of hydrogen-bond donors (Lipinski definition) is 3. The van der Waals surface area contributed by atoms with Crippen molar-refractivity contribution in [3.05, 3.63) is 71.3 Å². The van der Waals surface area contributed by atoms with Gasteiger partial charge in [0.1, 0.15) is 17.1 Å². The Kier molecular flexibility index (Phi) is 5.30. The number of halogens is 4. The second-order valence-corrected chi connectivity index (χ2v) is 7.89. The molecule has 3 N–H and O–H groups in total. The number of hydrogen-bond acceptors (Lipinski definition) is 6. The van der Waals surface area contributed by atoms with Crippen molar-refractivity contribution in [2.45, 2.75) is 19.3 Å². The van der Waals surface area contributed by atoms with E-state index < -0.39 is 61.2 Å². The highest BCUT2D eigenvalue weighted by atomic mass is 19.4. The lowest BCUT2D eigenvalue weighted by atomic mass is 10.0. The van der Waals surface area contributed by atoms with Crippen LogP contribution in [0, 0.1) is 5.82 Å². The monoisotopic (exact) mass is 537 g/mol. The quantitative estimate of drug-likeness (QED) is 0.299. The van der Waals surface area contributed by atoms with Gasteiger partial charge in [0.15, 0.2) is 5.69 Å². The normalized spacial score (nSPS) is 15.2. The minimum Gasteiger partial charge on any atom is -0.480 e. The summed E-state index contributed by atoms with van der Waals surface area (Å²) in [7, 11) is -3.02. The Morgan fingerprint density at radius 2 is 1.92 bits per heavy atom. The highest BCUT2D eigenvalue weighted by Crippen LogP contribution is 2.30. The van der Waals surface area contributed by atoms with Crippen LogP contribution >= 0.6 is 0 Å². The van der Waals surface area contributed by atoms with E-state index in [0.29, 0.717) is 11.1 Å². The minimum atomic E-state index is -5.04. The lowest BCUT2D eigenvalue weighted by molar-refractivity contribution is -0.274. The zero-order valence-corrected chi connectivity index (χ0v) is 19.2. The minimum absolute atomic E-state index is 0.187. The third-order valence-corrected chi connectivity index (χ3v) is 5.43. The Morgan fingerprint density at radius 3 is 2.66 bits per heavy atom. The zero-order valence-electron chi connectivity index (χ0n) is 25.2. The first-order valence-electron chi connectivity index (χ1n) is 13.7. The lowest BCUT2D eigenvalue weighted by Crippen LogP contribution is -2.28. The third kappa shape index (κ3) is 5.51. The second-order valence-electron chi connectivity index (χ2n) is 7.89. The van der Waals surface area contributed by atoms with E-state index in [4.69, 9.17) is 13.0 Å². The summed E-state index contributed by atoms with van der Waals surface area (Å²) >= 11 is 0. The molecule has 13 heteroatoms. The van der Waals surface area contributed by atoms with Crippen LogP contribution in [0.3, 0.4) is 0 Å². The molecule has 0 bridgehead atoms. The topological polar surface area (TPSA) is 118 Å². The van der Waals surface area contributed by atoms with Crippen molar-refractivity contribution in [1.82, 2.24) is 25.8 Å². The number of aromatic nitrogens is 3. The molecule has 4 rings (SSSR count). The average Bonchev–Trinajstić information content (AvgIpc) is 3.31. The van der Waals surface area contributed by atoms with E-state index in [9.17, 15) is 27.2 Å². The molecule has 0 fully saturated rings. The number of pyridine rings is 1. The molecule has 2 aromatic carbocycles. The van der Waals surface area contributed by atoms with Crippen molar-refractivity contribution < 1.29 is 44.8 Å². The molecule has 9 nitrogen and oxygen atoms in total. The Hall–Kier alpha value is -4.68. The van der Waals surface area contributed by atoms with Crippen LogP contribution < -0.4 is 20.1 Å². The predicted molar refractivity (Wildman–Crippen MR) is 128 cm³/mol. The second kappa shape index (κ2) is 10.4. The number of benzene rings is 2. The number of carbonyl (C=O) groups is 2. The van der Waals surface area contributed by atoms with Gasteiger partial charge >= 0.3 is 6.36 Å². The van der Waals surface area contributed by atoms with E-state index in [1.807, 2.05) is 5.32 Å². The van der Waals surface area contributed by atoms with Crippen LogP contribution in [0.2, 0.25) is 0 Å². The fourth-order valence-corrected chi connectivity index (χ4v) is 3.69. The van der Waals surface area contributed by atoms with Crippen molar-refractivity contribution in [2.75, 3.05) is 14.0 Å². The molecule has 0 spiro atoms. The van der Waals surface area contributed by atoms with Gasteiger partial charge in [0.2, 0.25) is 5.88 Å². The number of aromatic amines is 1. The predicted octanol–water partition coefficient (Wildman–Crippen LogP) is 4.52. The van der Waals surface area contributed by atoms with Gasteiger partial charge in [-0.2, -0.15) is 5.10 Å². The number of fused-ring (bicyclic) bond motifs is 1. The molecule has 2 amide bonds. The third-order valence-electron chi connectivity index (χ3n) is 5.43. The maximum absolute atomic E-state index is 14.5. The molecule has 2 heterocycles. The van der Waals surface area contributed by atoms with Crippen LogP contribution in [0.25, 0.3) is 22.0 Å². The van der Waals surface area contributed by atoms with Crippen LogP contribution in [0.15, 0.2) is 48.7 Å². The molecule has 0 saturated carbocycles. The summed E-state index contributed by atoms with van der Waals surface area (Å²) in [4.78, 5) is 29.6. The largest absolute Gasteiger partial charge is 0.573 e. The molecule has 2 aromatic heterocycles. The van der Waals surface area contributed by atoms with Crippen molar-refractivity contribution in [1.29, 1.82) is 0 Å². The van der Waals surface area contributed by atoms with E-state index in [2.05, 4.69) is 25.2 Å². The average molecular weight is 538 g/mol. The van der Waals surface area contributed by atoms with Gasteiger partial charge in [0.05, 0.1) is 22.7 Å². The molecule has 0 radical (unpaired) electrons. The van der Waals surface area contributed by atoms with Gasteiger partial charge in [-0.05, 0) is 48.9 Å². The van der Waals surface area contributed by atoms with Gasteiger partial charge in [-0.1, -0.05) is 6.07 Å². The van der Waals surface area contributed by atoms with Gasteiger partial charge in [-0.15, -0.1) is 13.2 Å². The number of carbonyl (C=O) groups excluding carboxylic acids is 2. The van der Waals surface area contributed by atoms with Crippen LogP contribution in [-0.2, 0) is 0 Å². The summed E-state index contributed by atoms with van der Waals surface area (Å²) in [5.41, 5.74) is -0.00806. The van der Waals surface area contributed by atoms with Crippen molar-refractivity contribution in [2.24, 2.45) is 0 Å². The first kappa shape index (κ1) is 19.4. The summed E-state index contributed by atoms with van der Waals surface area (Å²) < 4.78 is 105. The number of ether oxygens (including phenoxy) is 2. The number of H-pyrrole nitrogens is 1. The van der Waals surface area contributed by atoms with Crippen LogP contribution in [0.5, 0.6) is 11.6 Å². The summed E-state index contributed by atoms with van der Waals surface area (Å²) in [5.74, 6) is -4.23. The molecule has 38 heavy (non-hydrogen) atoms. The van der Waals surface area contributed by atoms with E-state index >= 15 is 0 Å². The maximum atomic E-state index is 14.5. The smallest absolute Gasteiger partial charge is 0.480 e. The van der Waals surface area contributed by atoms with Crippen LogP contribution in [0.1, 0.15) is 47.6 Å². The highest BCUT2D eigenvalue weighted by molar-refractivity contribution is 6.05. The van der Waals surface area contributed by atoms with E-state index in [0.717, 1.165) is 18.2 Å². The van der Waals surface area contributed by atoms with Crippen LogP contribution in [-0.4, -0.2) is 47.4 Å². The summed E-state index contributed by atoms with van der Waals surface area (Å²) in [6, 6.07) is 6.69. The maximum Gasteiger partial charge on any atom is 0.573 e. The fourth-order valence-electron chi connectivity index (χ4n) is 3.69. The molecule has 0 aliphatic heterocycles. The Balaban J connectivity index is 1.67. The fraction of sp³-hybridized carbons (Fsp3) is 0.200. The Labute approximate surface area is 221 Å². The van der Waals surface area contributed by atoms with E-state index in [1.54, 1.807) is 0 Å². The van der Waals surface area contributed by atoms with Gasteiger partial charge in [0, 0.05) is 33.8 Å². The summed E-state index contributed by atoms with van der Waals surface area (Å²) in [6.07, 6.45) is -3.85. The van der Waals surface area contributed by atoms with Gasteiger partial charge < -0.3 is 20.1 Å². The van der Waals surface area contributed by atoms with Crippen molar-refractivity contribution in [3.8, 4) is 22.8 Å². The van der Waals surface area contributed by atoms with Gasteiger partial charge in [-0.3, -0.25) is 14.7 Å². The number of methoxy groups -OCH3 is 1. The molecular formula is C25H21F4N5O4. The summed E-state index contributed by atoms with van der Waals surface area (Å²) in [5, 5.41) is 11.0. The van der Waals surface area contributed by atoms with E-state index in [-0.39, 0.29) is 22.2 Å². The van der Waals surface area contributed by atoms with E-state index in [1.165, 1.54) is 37.4 Å². The number of nitrogens with one attached hydrogen (secondary N) is 3. The molecule has 0 aliphatic carbocycles. The molecule has 4 aromatic rings. The number of nitrogens with zero attached hydrogens (tertiary/aromatic N) is 2. The molecule has 0 saturated heterocycles. The first-order valence-corrected chi connectivity index (χ1v) is 10.7. The SMILES string of the molecule is [2H]C([2H])([2H])NC(=O)c1n[nH]c2cc(-c3cnc(OC([2H])([2H])[2H])c(C(=O)N[C@H](C)c4cc(OC(F)(F)F)ccc4F)c3)ccc12. The molecule has 198 valence electrons. The lowest BCUT2D eigenvalue weighted by Gasteiger charge is -2.18. The number of amides is 2. The zero-order chi connectivity index (χ0) is 32.6. The molecule has 0 aliphatic rings. The Morgan fingerprint density at radius 1 is 1.11 bits per heavy atom. The summed E-state index contributed by atoms with van der Waals surface area (Å²) in [6.45, 7) is -1.46. The van der Waals surface area contributed by atoms with Gasteiger partial charge in [-0.25, -0.2) is 9.37 Å². The highest BCUT2D eigenvalue weighted by Gasteiger charge is 2.31. The molecule has 0 unspecified atom stereocenters. The van der Waals surface area contributed by atoms with Crippen LogP contribution in [0.4, 0.5) is 17.6 Å². The standard InChI is InChI=1S/C25H21F4N5O4/c1-12(17-10-15(5-7-19(17)26)38-25(27,28)29)32-22(35)18-8-14(11-31-24(18)37-3)13-4-6-16-20(9-13)33-34-21(16)23(36)30-2/h4-12H,1-3H3,(H,30,36)(H,32,35)(H,33,34)/t12-/m1/s1/i2D3,3D3. The molecule has 1 atom stereocenters. The Bertz CT molecular complexity index is 1730. The van der Waals surface area contributed by atoms with Crippen molar-refractivity contribution >= 4 is 22.7 Å².